The van der Waals surface area contributed by atoms with E-state index in [0.717, 1.165) is 11.0 Å². The van der Waals surface area contributed by atoms with Gasteiger partial charge < -0.3 is 4.74 Å². The fraction of sp³-hybridized carbons (Fsp3) is 0.238. The van der Waals surface area contributed by atoms with Crippen molar-refractivity contribution in [3.8, 4) is 5.88 Å². The molecule has 0 unspecified atom stereocenters. The van der Waals surface area contributed by atoms with Gasteiger partial charge in [0.1, 0.15) is 5.02 Å². The highest BCUT2D eigenvalue weighted by molar-refractivity contribution is 7.99. The van der Waals surface area contributed by atoms with Crippen LogP contribution in [-0.2, 0) is 5.54 Å². The molecule has 0 amide bonds. The predicted octanol–water partition coefficient (Wildman–Crippen LogP) is 5.88. The highest BCUT2D eigenvalue weighted by Gasteiger charge is 2.28. The Balaban J connectivity index is 2.02. The Labute approximate surface area is 183 Å². The second-order valence-corrected chi connectivity index (χ2v) is 9.02. The van der Waals surface area contributed by atoms with E-state index in [1.54, 1.807) is 4.68 Å². The van der Waals surface area contributed by atoms with Crippen LogP contribution in [0.4, 0.5) is 5.69 Å². The molecule has 0 saturated carbocycles. The number of carbonyl (C=O) groups is 1. The number of nitrogens with zero attached hydrogens (tertiary/aromatic N) is 3. The molecule has 0 saturated heterocycles. The molecular formula is C21H20ClN3O4S. The molecule has 3 aromatic rings. The number of nitro benzene ring substituents is 1. The Kier molecular flexibility index (Phi) is 6.19. The van der Waals surface area contributed by atoms with E-state index in [9.17, 15) is 14.9 Å². The van der Waals surface area contributed by atoms with Crippen molar-refractivity contribution in [3.63, 3.8) is 0 Å². The van der Waals surface area contributed by atoms with E-state index in [1.807, 2.05) is 58.0 Å². The number of ether oxygens (including phenoxy) is 1. The second kappa shape index (κ2) is 8.49. The molecule has 2 aromatic carbocycles. The Morgan fingerprint density at radius 1 is 1.20 bits per heavy atom. The molecule has 0 spiro atoms. The molecule has 0 N–H and O–H groups in total. The van der Waals surface area contributed by atoms with Crippen LogP contribution in [0.3, 0.4) is 0 Å². The molecule has 1 heterocycles. The molecule has 9 heteroatoms. The summed E-state index contributed by atoms with van der Waals surface area (Å²) < 4.78 is 7.38. The molecule has 0 fully saturated rings. The van der Waals surface area contributed by atoms with E-state index in [-0.39, 0.29) is 22.2 Å². The summed E-state index contributed by atoms with van der Waals surface area (Å²) in [5, 5.41) is 15.7. The number of aromatic nitrogens is 2. The minimum Gasteiger partial charge on any atom is -0.403 e. The first-order valence-corrected chi connectivity index (χ1v) is 10.3. The first-order valence-electron chi connectivity index (χ1n) is 9.07. The first-order chi connectivity index (χ1) is 14.1. The minimum absolute atomic E-state index is 0.0288. The number of halogens is 1. The molecule has 0 atom stereocenters. The van der Waals surface area contributed by atoms with Gasteiger partial charge in [0.05, 0.1) is 26.6 Å². The van der Waals surface area contributed by atoms with Gasteiger partial charge in [-0.15, -0.1) is 0 Å². The van der Waals surface area contributed by atoms with Crippen LogP contribution in [-0.4, -0.2) is 20.7 Å². The van der Waals surface area contributed by atoms with Crippen LogP contribution in [0, 0.1) is 17.0 Å². The number of nitro groups is 1. The molecule has 0 aliphatic carbocycles. The van der Waals surface area contributed by atoms with Gasteiger partial charge in [0.15, 0.2) is 0 Å². The van der Waals surface area contributed by atoms with Gasteiger partial charge in [-0.1, -0.05) is 41.6 Å². The number of carbonyl (C=O) groups excluding carboxylic acids is 1. The lowest BCUT2D eigenvalue weighted by atomic mass is 10.1. The molecule has 0 radical (unpaired) electrons. The van der Waals surface area contributed by atoms with E-state index in [4.69, 9.17) is 16.3 Å². The number of hydrogen-bond donors (Lipinski definition) is 0. The van der Waals surface area contributed by atoms with E-state index in [2.05, 4.69) is 5.10 Å². The average Bonchev–Trinajstić information content (AvgIpc) is 2.98. The zero-order chi connectivity index (χ0) is 22.1. The Morgan fingerprint density at radius 3 is 2.47 bits per heavy atom. The van der Waals surface area contributed by atoms with Crippen molar-refractivity contribution < 1.29 is 14.5 Å². The monoisotopic (exact) mass is 445 g/mol. The number of aryl methyl sites for hydroxylation is 1. The summed E-state index contributed by atoms with van der Waals surface area (Å²) in [6.45, 7) is 7.68. The molecule has 0 aliphatic rings. The van der Waals surface area contributed by atoms with Crippen molar-refractivity contribution >= 4 is 35.0 Å². The number of esters is 1. The molecule has 156 valence electrons. The van der Waals surface area contributed by atoms with Crippen molar-refractivity contribution in [3.05, 3.63) is 74.9 Å². The second-order valence-electron chi connectivity index (χ2n) is 7.53. The number of benzene rings is 2. The van der Waals surface area contributed by atoms with Gasteiger partial charge in [0.2, 0.25) is 5.88 Å². The van der Waals surface area contributed by atoms with Gasteiger partial charge in [-0.3, -0.25) is 10.1 Å². The van der Waals surface area contributed by atoms with Gasteiger partial charge in [-0.05, 0) is 52.0 Å². The van der Waals surface area contributed by atoms with Crippen LogP contribution < -0.4 is 4.74 Å². The fourth-order valence-electron chi connectivity index (χ4n) is 2.69. The Morgan fingerprint density at radius 2 is 1.87 bits per heavy atom. The fourth-order valence-corrected chi connectivity index (χ4v) is 3.81. The van der Waals surface area contributed by atoms with Crippen molar-refractivity contribution in [2.75, 3.05) is 0 Å². The van der Waals surface area contributed by atoms with E-state index >= 15 is 0 Å². The molecule has 0 bridgehead atoms. The highest BCUT2D eigenvalue weighted by Crippen LogP contribution is 2.40. The topological polar surface area (TPSA) is 87.3 Å². The van der Waals surface area contributed by atoms with Gasteiger partial charge in [0, 0.05) is 11.0 Å². The normalized spacial score (nSPS) is 11.4. The summed E-state index contributed by atoms with van der Waals surface area (Å²) in [7, 11) is 0. The van der Waals surface area contributed by atoms with Crippen molar-refractivity contribution in [2.45, 2.75) is 43.0 Å². The lowest BCUT2D eigenvalue weighted by Gasteiger charge is -2.22. The van der Waals surface area contributed by atoms with Crippen molar-refractivity contribution in [1.82, 2.24) is 9.78 Å². The van der Waals surface area contributed by atoms with Crippen molar-refractivity contribution in [2.24, 2.45) is 0 Å². The maximum absolute atomic E-state index is 12.9. The molecule has 3 rings (SSSR count). The van der Waals surface area contributed by atoms with Crippen LogP contribution in [0.25, 0.3) is 0 Å². The third-order valence-corrected chi connectivity index (χ3v) is 5.63. The molecule has 7 nitrogen and oxygen atoms in total. The maximum atomic E-state index is 12.9. The predicted molar refractivity (Wildman–Crippen MR) is 116 cm³/mol. The van der Waals surface area contributed by atoms with E-state index in [0.29, 0.717) is 10.6 Å². The summed E-state index contributed by atoms with van der Waals surface area (Å²) in [5.74, 6) is -0.438. The largest absolute Gasteiger partial charge is 0.403 e. The van der Waals surface area contributed by atoms with Crippen LogP contribution in [0.15, 0.2) is 58.3 Å². The summed E-state index contributed by atoms with van der Waals surface area (Å²) in [6.07, 6.45) is 0. The highest BCUT2D eigenvalue weighted by atomic mass is 35.5. The van der Waals surface area contributed by atoms with Crippen molar-refractivity contribution in [1.29, 1.82) is 0 Å². The first kappa shape index (κ1) is 21.9. The lowest BCUT2D eigenvalue weighted by Crippen LogP contribution is -2.25. The SMILES string of the molecule is Cc1nn(C(C)(C)C)c(OC(=O)c2ccc(Cl)c([N+](=O)[O-])c2)c1Sc1ccccc1. The van der Waals surface area contributed by atoms with E-state index in [1.165, 1.54) is 23.9 Å². The van der Waals surface area contributed by atoms with Crippen LogP contribution >= 0.6 is 23.4 Å². The Bertz CT molecular complexity index is 1110. The summed E-state index contributed by atoms with van der Waals surface area (Å²) in [6, 6.07) is 13.5. The van der Waals surface area contributed by atoms with Gasteiger partial charge >= 0.3 is 5.97 Å². The molecule has 30 heavy (non-hydrogen) atoms. The zero-order valence-electron chi connectivity index (χ0n) is 16.9. The zero-order valence-corrected chi connectivity index (χ0v) is 18.5. The van der Waals surface area contributed by atoms with Gasteiger partial charge in [-0.2, -0.15) is 5.10 Å². The van der Waals surface area contributed by atoms with Crippen LogP contribution in [0.1, 0.15) is 36.8 Å². The third kappa shape index (κ3) is 4.66. The van der Waals surface area contributed by atoms with Gasteiger partial charge in [0.25, 0.3) is 5.69 Å². The number of hydrogen-bond acceptors (Lipinski definition) is 6. The van der Waals surface area contributed by atoms with Gasteiger partial charge in [-0.25, -0.2) is 9.48 Å². The third-order valence-electron chi connectivity index (χ3n) is 4.13. The van der Waals surface area contributed by atoms with E-state index < -0.39 is 16.4 Å². The minimum atomic E-state index is -0.727. The van der Waals surface area contributed by atoms with Crippen LogP contribution in [0.2, 0.25) is 5.02 Å². The number of rotatable bonds is 5. The molecule has 0 aliphatic heterocycles. The lowest BCUT2D eigenvalue weighted by molar-refractivity contribution is -0.384. The molecule has 1 aromatic heterocycles. The maximum Gasteiger partial charge on any atom is 0.345 e. The molecular weight excluding hydrogens is 426 g/mol. The standard InChI is InChI=1S/C21H20ClN3O4S/c1-13-18(30-15-8-6-5-7-9-15)19(24(23-13)21(2,3)4)29-20(26)14-10-11-16(22)17(12-14)25(27)28/h5-12H,1-4H3. The average molecular weight is 446 g/mol. The summed E-state index contributed by atoms with van der Waals surface area (Å²) >= 11 is 7.28. The summed E-state index contributed by atoms with van der Waals surface area (Å²) in [4.78, 5) is 25.0. The summed E-state index contributed by atoms with van der Waals surface area (Å²) in [5.41, 5.74) is -0.0720. The quantitative estimate of drug-likeness (QED) is 0.277. The smallest absolute Gasteiger partial charge is 0.345 e. The van der Waals surface area contributed by atoms with Crippen LogP contribution in [0.5, 0.6) is 5.88 Å². The Hall–Kier alpha value is -2.84.